The van der Waals surface area contributed by atoms with Crippen LogP contribution in [-0.4, -0.2) is 35.9 Å². The molecule has 1 heterocycles. The van der Waals surface area contributed by atoms with Crippen LogP contribution in [0.1, 0.15) is 21.6 Å². The van der Waals surface area contributed by atoms with Crippen LogP contribution < -0.4 is 4.74 Å². The lowest BCUT2D eigenvalue weighted by Gasteiger charge is -2.16. The monoisotopic (exact) mass is 358 g/mol. The molecular weight excluding hydrogens is 338 g/mol. The third kappa shape index (κ3) is 4.08. The van der Waals surface area contributed by atoms with E-state index in [0.717, 1.165) is 22.2 Å². The maximum Gasteiger partial charge on any atom is 0.387 e. The van der Waals surface area contributed by atoms with E-state index in [1.807, 2.05) is 43.1 Å². The molecule has 0 fully saturated rings. The molecule has 6 heteroatoms. The number of aryl methyl sites for hydroxylation is 1. The van der Waals surface area contributed by atoms with Crippen molar-refractivity contribution in [2.75, 3.05) is 13.6 Å². The van der Waals surface area contributed by atoms with Gasteiger partial charge >= 0.3 is 6.61 Å². The van der Waals surface area contributed by atoms with Crippen molar-refractivity contribution in [2.24, 2.45) is 0 Å². The van der Waals surface area contributed by atoms with E-state index < -0.39 is 6.61 Å². The highest BCUT2D eigenvalue weighted by atomic mass is 19.3. The van der Waals surface area contributed by atoms with E-state index in [2.05, 4.69) is 9.72 Å². The first kappa shape index (κ1) is 18.1. The summed E-state index contributed by atoms with van der Waals surface area (Å²) in [4.78, 5) is 17.9. The molecule has 0 amide bonds. The molecular formula is C20H20F2N2O2. The summed E-state index contributed by atoms with van der Waals surface area (Å²) in [6.07, 6.45) is 0. The van der Waals surface area contributed by atoms with Crippen molar-refractivity contribution in [3.63, 3.8) is 0 Å². The summed E-state index contributed by atoms with van der Waals surface area (Å²) in [6, 6.07) is 14.2. The number of fused-ring (bicyclic) bond motifs is 1. The Labute approximate surface area is 150 Å². The summed E-state index contributed by atoms with van der Waals surface area (Å²) in [5.74, 6) is 0.164. The van der Waals surface area contributed by atoms with Gasteiger partial charge in [0.15, 0.2) is 5.78 Å². The Balaban J connectivity index is 1.66. The minimum absolute atomic E-state index is 0.0418. The maximum absolute atomic E-state index is 12.8. The summed E-state index contributed by atoms with van der Waals surface area (Å²) >= 11 is 0. The highest BCUT2D eigenvalue weighted by molar-refractivity contribution is 6.10. The molecule has 1 N–H and O–H groups in total. The zero-order chi connectivity index (χ0) is 18.7. The second-order valence-corrected chi connectivity index (χ2v) is 6.29. The Kier molecular flexibility index (Phi) is 5.32. The number of aromatic nitrogens is 1. The van der Waals surface area contributed by atoms with Crippen molar-refractivity contribution in [3.8, 4) is 5.75 Å². The molecule has 0 saturated carbocycles. The number of hydrogen-bond donors (Lipinski definition) is 1. The lowest BCUT2D eigenvalue weighted by Crippen LogP contribution is -2.25. The van der Waals surface area contributed by atoms with Crippen LogP contribution in [0.5, 0.6) is 5.75 Å². The van der Waals surface area contributed by atoms with Crippen molar-refractivity contribution >= 4 is 16.7 Å². The first-order chi connectivity index (χ1) is 12.4. The number of likely N-dealkylation sites (N-methyl/N-ethyl adjacent to an activating group) is 1. The van der Waals surface area contributed by atoms with Crippen molar-refractivity contribution < 1.29 is 18.3 Å². The van der Waals surface area contributed by atoms with Gasteiger partial charge in [-0.25, -0.2) is 0 Å². The average molecular weight is 358 g/mol. The number of hydrogen-bond acceptors (Lipinski definition) is 3. The fraction of sp³-hybridized carbons (Fsp3) is 0.250. The van der Waals surface area contributed by atoms with Gasteiger partial charge in [0.1, 0.15) is 5.75 Å². The van der Waals surface area contributed by atoms with Crippen molar-refractivity contribution in [1.82, 2.24) is 9.88 Å². The van der Waals surface area contributed by atoms with Gasteiger partial charge in [-0.2, -0.15) is 8.78 Å². The quantitative estimate of drug-likeness (QED) is 0.637. The second kappa shape index (κ2) is 7.66. The van der Waals surface area contributed by atoms with E-state index >= 15 is 0 Å². The summed E-state index contributed by atoms with van der Waals surface area (Å²) in [6.45, 7) is -0.143. The molecule has 0 aliphatic heterocycles. The van der Waals surface area contributed by atoms with E-state index in [1.165, 1.54) is 12.1 Å². The van der Waals surface area contributed by atoms with Crippen LogP contribution in [0.2, 0.25) is 0 Å². The van der Waals surface area contributed by atoms with E-state index in [4.69, 9.17) is 0 Å². The molecule has 0 atom stereocenters. The van der Waals surface area contributed by atoms with Crippen LogP contribution >= 0.6 is 0 Å². The molecule has 0 radical (unpaired) electrons. The summed E-state index contributed by atoms with van der Waals surface area (Å²) in [5, 5.41) is 0.928. The number of ketones is 1. The molecule has 0 saturated heterocycles. The first-order valence-electron chi connectivity index (χ1n) is 8.27. The molecule has 4 nitrogen and oxygen atoms in total. The molecule has 0 unspecified atom stereocenters. The Morgan fingerprint density at radius 3 is 2.54 bits per heavy atom. The van der Waals surface area contributed by atoms with Gasteiger partial charge in [0, 0.05) is 28.7 Å². The third-order valence-corrected chi connectivity index (χ3v) is 4.19. The molecule has 0 aliphatic carbocycles. The zero-order valence-electron chi connectivity index (χ0n) is 14.6. The lowest BCUT2D eigenvalue weighted by atomic mass is 10.1. The molecule has 3 aromatic rings. The molecule has 3 rings (SSSR count). The van der Waals surface area contributed by atoms with E-state index in [1.54, 1.807) is 12.1 Å². The van der Waals surface area contributed by atoms with Gasteiger partial charge in [-0.1, -0.05) is 30.3 Å². The third-order valence-electron chi connectivity index (χ3n) is 4.19. The number of alkyl halides is 2. The van der Waals surface area contributed by atoms with Crippen LogP contribution in [0, 0.1) is 6.92 Å². The van der Waals surface area contributed by atoms with Gasteiger partial charge in [0.25, 0.3) is 0 Å². The topological polar surface area (TPSA) is 45.3 Å². The number of Topliss-reactive ketones (excluding diaryl/α,β-unsaturated/α-hetero) is 1. The SMILES string of the molecule is Cc1[nH]c2ccccc2c1C(=O)CN(C)Cc1ccc(OC(F)F)cc1. The van der Waals surface area contributed by atoms with Gasteiger partial charge in [-0.3, -0.25) is 9.69 Å². The Hall–Kier alpha value is -2.73. The molecule has 0 bridgehead atoms. The van der Waals surface area contributed by atoms with Crippen molar-refractivity contribution in [3.05, 3.63) is 65.4 Å². The average Bonchev–Trinajstić information content (AvgIpc) is 2.91. The lowest BCUT2D eigenvalue weighted by molar-refractivity contribution is -0.0498. The summed E-state index contributed by atoms with van der Waals surface area (Å²) in [5.41, 5.74) is 3.44. The van der Waals surface area contributed by atoms with Crippen molar-refractivity contribution in [1.29, 1.82) is 0 Å². The standard InChI is InChI=1S/C20H20F2N2O2/c1-13-19(16-5-3-4-6-17(16)23-13)18(25)12-24(2)11-14-7-9-15(10-8-14)26-20(21)22/h3-10,20,23H,11-12H2,1-2H3. The molecule has 2 aromatic carbocycles. The van der Waals surface area contributed by atoms with Gasteiger partial charge < -0.3 is 9.72 Å². The summed E-state index contributed by atoms with van der Waals surface area (Å²) in [7, 11) is 1.85. The predicted molar refractivity (Wildman–Crippen MR) is 96.8 cm³/mol. The van der Waals surface area contributed by atoms with Gasteiger partial charge in [-0.05, 0) is 37.7 Å². The number of nitrogens with one attached hydrogen (secondary N) is 1. The van der Waals surface area contributed by atoms with Gasteiger partial charge in [0.05, 0.1) is 6.54 Å². The van der Waals surface area contributed by atoms with E-state index in [-0.39, 0.29) is 18.1 Å². The smallest absolute Gasteiger partial charge is 0.387 e. The number of halogens is 2. The molecule has 136 valence electrons. The van der Waals surface area contributed by atoms with E-state index in [9.17, 15) is 13.6 Å². The van der Waals surface area contributed by atoms with E-state index in [0.29, 0.717) is 12.1 Å². The van der Waals surface area contributed by atoms with Crippen LogP contribution in [0.25, 0.3) is 10.9 Å². The Morgan fingerprint density at radius 1 is 1.15 bits per heavy atom. The maximum atomic E-state index is 12.8. The highest BCUT2D eigenvalue weighted by Gasteiger charge is 2.17. The number of H-pyrrole nitrogens is 1. The van der Waals surface area contributed by atoms with Crippen LogP contribution in [0.3, 0.4) is 0 Å². The highest BCUT2D eigenvalue weighted by Crippen LogP contribution is 2.23. The van der Waals surface area contributed by atoms with Crippen molar-refractivity contribution in [2.45, 2.75) is 20.1 Å². The van der Waals surface area contributed by atoms with Crippen LogP contribution in [-0.2, 0) is 6.54 Å². The second-order valence-electron chi connectivity index (χ2n) is 6.29. The fourth-order valence-corrected chi connectivity index (χ4v) is 3.10. The number of carbonyl (C=O) groups excluding carboxylic acids is 1. The minimum Gasteiger partial charge on any atom is -0.435 e. The molecule has 26 heavy (non-hydrogen) atoms. The molecule has 0 spiro atoms. The number of nitrogens with zero attached hydrogens (tertiary/aromatic N) is 1. The number of rotatable bonds is 7. The van der Waals surface area contributed by atoms with Crippen LogP contribution in [0.4, 0.5) is 8.78 Å². The Bertz CT molecular complexity index is 904. The largest absolute Gasteiger partial charge is 0.435 e. The number of benzene rings is 2. The molecule has 0 aliphatic rings. The van der Waals surface area contributed by atoms with Gasteiger partial charge in [-0.15, -0.1) is 0 Å². The predicted octanol–water partition coefficient (Wildman–Crippen LogP) is 4.39. The fourth-order valence-electron chi connectivity index (χ4n) is 3.10. The normalized spacial score (nSPS) is 11.5. The number of carbonyl (C=O) groups is 1. The minimum atomic E-state index is -2.83. The van der Waals surface area contributed by atoms with Crippen LogP contribution in [0.15, 0.2) is 48.5 Å². The number of aromatic amines is 1. The number of para-hydroxylation sites is 1. The molecule has 1 aromatic heterocycles. The zero-order valence-corrected chi connectivity index (χ0v) is 14.6. The Morgan fingerprint density at radius 2 is 1.85 bits per heavy atom. The van der Waals surface area contributed by atoms with Gasteiger partial charge in [0.2, 0.25) is 0 Å². The first-order valence-corrected chi connectivity index (χ1v) is 8.27. The number of ether oxygens (including phenoxy) is 1. The summed E-state index contributed by atoms with van der Waals surface area (Å²) < 4.78 is 28.7.